The minimum atomic E-state index is -0.261. The van der Waals surface area contributed by atoms with E-state index in [1.165, 1.54) is 0 Å². The van der Waals surface area contributed by atoms with Gasteiger partial charge in [0.15, 0.2) is 0 Å². The smallest absolute Gasteiger partial charge is 0.255 e. The van der Waals surface area contributed by atoms with Crippen LogP contribution in [-0.4, -0.2) is 37.2 Å². The van der Waals surface area contributed by atoms with Crippen LogP contribution in [0.2, 0.25) is 0 Å². The van der Waals surface area contributed by atoms with Crippen LogP contribution in [-0.2, 0) is 4.74 Å². The molecule has 1 aromatic carbocycles. The van der Waals surface area contributed by atoms with Crippen molar-refractivity contribution in [1.29, 1.82) is 5.26 Å². The van der Waals surface area contributed by atoms with Crippen molar-refractivity contribution in [2.24, 2.45) is 0 Å². The van der Waals surface area contributed by atoms with Crippen molar-refractivity contribution >= 4 is 17.4 Å². The van der Waals surface area contributed by atoms with Crippen LogP contribution in [0.4, 0.5) is 11.5 Å². The van der Waals surface area contributed by atoms with Gasteiger partial charge in [-0.2, -0.15) is 5.26 Å². The monoisotopic (exact) mass is 308 g/mol. The first-order chi connectivity index (χ1) is 11.3. The van der Waals surface area contributed by atoms with Crippen molar-refractivity contribution in [2.75, 3.05) is 36.5 Å². The number of hydrogen-bond donors (Lipinski definition) is 1. The minimum absolute atomic E-state index is 0.261. The van der Waals surface area contributed by atoms with Crippen molar-refractivity contribution < 1.29 is 9.53 Å². The van der Waals surface area contributed by atoms with E-state index >= 15 is 0 Å². The van der Waals surface area contributed by atoms with Crippen molar-refractivity contribution in [1.82, 2.24) is 4.98 Å². The molecular formula is C17H16N4O2. The molecule has 2 heterocycles. The number of anilines is 2. The third-order valence-electron chi connectivity index (χ3n) is 3.59. The lowest BCUT2D eigenvalue weighted by molar-refractivity contribution is 0.102. The molecule has 6 nitrogen and oxygen atoms in total. The second-order valence-electron chi connectivity index (χ2n) is 5.15. The normalized spacial score (nSPS) is 14.1. The van der Waals surface area contributed by atoms with E-state index in [9.17, 15) is 4.79 Å². The van der Waals surface area contributed by atoms with Gasteiger partial charge < -0.3 is 15.0 Å². The third kappa shape index (κ3) is 3.65. The molecule has 0 atom stereocenters. The highest BCUT2D eigenvalue weighted by molar-refractivity contribution is 6.04. The maximum atomic E-state index is 12.2. The van der Waals surface area contributed by atoms with Gasteiger partial charge in [-0.15, -0.1) is 0 Å². The number of amides is 1. The maximum absolute atomic E-state index is 12.2. The number of nitrogens with zero attached hydrogens (tertiary/aromatic N) is 3. The zero-order chi connectivity index (χ0) is 16.1. The number of carbonyl (C=O) groups is 1. The van der Waals surface area contributed by atoms with Gasteiger partial charge in [-0.1, -0.05) is 6.07 Å². The summed E-state index contributed by atoms with van der Waals surface area (Å²) in [4.78, 5) is 18.7. The predicted octanol–water partition coefficient (Wildman–Crippen LogP) is 2.04. The maximum Gasteiger partial charge on any atom is 0.255 e. The second kappa shape index (κ2) is 6.90. The van der Waals surface area contributed by atoms with Gasteiger partial charge >= 0.3 is 0 Å². The summed E-state index contributed by atoms with van der Waals surface area (Å²) in [6, 6.07) is 12.3. The van der Waals surface area contributed by atoms with E-state index in [1.807, 2.05) is 18.2 Å². The number of aromatic nitrogens is 1. The van der Waals surface area contributed by atoms with E-state index in [0.717, 1.165) is 18.9 Å². The number of nitriles is 1. The number of ether oxygens (including phenoxy) is 1. The highest BCUT2D eigenvalue weighted by atomic mass is 16.5. The molecule has 6 heteroatoms. The van der Waals surface area contributed by atoms with Gasteiger partial charge in [-0.05, 0) is 30.3 Å². The van der Waals surface area contributed by atoms with E-state index in [4.69, 9.17) is 10.00 Å². The number of carbonyl (C=O) groups excluding carboxylic acids is 1. The average molecular weight is 308 g/mol. The van der Waals surface area contributed by atoms with Gasteiger partial charge in [-0.25, -0.2) is 4.98 Å². The largest absolute Gasteiger partial charge is 0.378 e. The lowest BCUT2D eigenvalue weighted by atomic mass is 10.1. The van der Waals surface area contributed by atoms with Crippen LogP contribution in [0.3, 0.4) is 0 Å². The van der Waals surface area contributed by atoms with E-state index in [0.29, 0.717) is 30.0 Å². The van der Waals surface area contributed by atoms with Crippen molar-refractivity contribution in [3.8, 4) is 6.07 Å². The van der Waals surface area contributed by atoms with E-state index < -0.39 is 0 Å². The number of benzene rings is 1. The highest BCUT2D eigenvalue weighted by Gasteiger charge is 2.12. The van der Waals surface area contributed by atoms with Crippen LogP contribution in [0.5, 0.6) is 0 Å². The molecule has 0 spiro atoms. The number of rotatable bonds is 3. The molecule has 0 aliphatic carbocycles. The Morgan fingerprint density at radius 2 is 2.09 bits per heavy atom. The molecule has 1 N–H and O–H groups in total. The van der Waals surface area contributed by atoms with Gasteiger partial charge in [0.05, 0.1) is 36.7 Å². The SMILES string of the molecule is N#Cc1cccc(C(=O)Nc2ccc(N3CCOCC3)nc2)c1. The molecule has 116 valence electrons. The molecule has 0 saturated carbocycles. The lowest BCUT2D eigenvalue weighted by Gasteiger charge is -2.27. The molecule has 1 aliphatic rings. The molecule has 1 fully saturated rings. The molecule has 1 saturated heterocycles. The summed E-state index contributed by atoms with van der Waals surface area (Å²) < 4.78 is 5.32. The quantitative estimate of drug-likeness (QED) is 0.939. The van der Waals surface area contributed by atoms with Crippen LogP contribution in [0.15, 0.2) is 42.6 Å². The Balaban J connectivity index is 1.67. The summed E-state index contributed by atoms with van der Waals surface area (Å²) in [7, 11) is 0. The molecule has 23 heavy (non-hydrogen) atoms. The molecule has 2 aromatic rings. The van der Waals surface area contributed by atoms with Crippen molar-refractivity contribution in [3.63, 3.8) is 0 Å². The Morgan fingerprint density at radius 1 is 1.26 bits per heavy atom. The molecule has 3 rings (SSSR count). The fraction of sp³-hybridized carbons (Fsp3) is 0.235. The second-order valence-corrected chi connectivity index (χ2v) is 5.15. The number of pyridine rings is 1. The minimum Gasteiger partial charge on any atom is -0.378 e. The molecule has 0 unspecified atom stereocenters. The van der Waals surface area contributed by atoms with Crippen LogP contribution < -0.4 is 10.2 Å². The zero-order valence-corrected chi connectivity index (χ0v) is 12.5. The third-order valence-corrected chi connectivity index (χ3v) is 3.59. The lowest BCUT2D eigenvalue weighted by Crippen LogP contribution is -2.36. The van der Waals surface area contributed by atoms with E-state index in [-0.39, 0.29) is 5.91 Å². The van der Waals surface area contributed by atoms with Crippen LogP contribution in [0.1, 0.15) is 15.9 Å². The number of hydrogen-bond acceptors (Lipinski definition) is 5. The van der Waals surface area contributed by atoms with Crippen molar-refractivity contribution in [3.05, 3.63) is 53.7 Å². The standard InChI is InChI=1S/C17H16N4O2/c18-11-13-2-1-3-14(10-13)17(22)20-15-4-5-16(19-12-15)21-6-8-23-9-7-21/h1-5,10,12H,6-9H2,(H,20,22). The molecule has 0 bridgehead atoms. The Labute approximate surface area is 134 Å². The summed E-state index contributed by atoms with van der Waals surface area (Å²) in [5, 5.41) is 11.7. The Kier molecular flexibility index (Phi) is 4.50. The first kappa shape index (κ1) is 15.0. The van der Waals surface area contributed by atoms with Gasteiger partial charge in [0.25, 0.3) is 5.91 Å². The first-order valence-electron chi connectivity index (χ1n) is 7.36. The van der Waals surface area contributed by atoms with Crippen molar-refractivity contribution in [2.45, 2.75) is 0 Å². The molecule has 1 aromatic heterocycles. The van der Waals surface area contributed by atoms with Gasteiger partial charge in [0.2, 0.25) is 0 Å². The van der Waals surface area contributed by atoms with Crippen LogP contribution in [0.25, 0.3) is 0 Å². The molecule has 1 amide bonds. The van der Waals surface area contributed by atoms with Gasteiger partial charge in [0.1, 0.15) is 5.82 Å². The van der Waals surface area contributed by atoms with E-state index in [2.05, 4.69) is 15.2 Å². The molecular weight excluding hydrogens is 292 g/mol. The highest BCUT2D eigenvalue weighted by Crippen LogP contribution is 2.16. The van der Waals surface area contributed by atoms with Crippen LogP contribution >= 0.6 is 0 Å². The van der Waals surface area contributed by atoms with Crippen LogP contribution in [0, 0.1) is 11.3 Å². The predicted molar refractivity (Wildman–Crippen MR) is 86.4 cm³/mol. The summed E-state index contributed by atoms with van der Waals surface area (Å²) in [6.45, 7) is 3.05. The topological polar surface area (TPSA) is 78.2 Å². The Hall–Kier alpha value is -2.91. The fourth-order valence-corrected chi connectivity index (χ4v) is 2.37. The zero-order valence-electron chi connectivity index (χ0n) is 12.5. The van der Waals surface area contributed by atoms with Gasteiger partial charge in [-0.3, -0.25) is 4.79 Å². The summed E-state index contributed by atoms with van der Waals surface area (Å²) in [5.41, 5.74) is 1.52. The molecule has 0 radical (unpaired) electrons. The summed E-state index contributed by atoms with van der Waals surface area (Å²) in [6.07, 6.45) is 1.64. The first-order valence-corrected chi connectivity index (χ1v) is 7.36. The number of nitrogens with one attached hydrogen (secondary N) is 1. The average Bonchev–Trinajstić information content (AvgIpc) is 2.63. The Morgan fingerprint density at radius 3 is 2.78 bits per heavy atom. The Bertz CT molecular complexity index is 731. The van der Waals surface area contributed by atoms with Gasteiger partial charge in [0, 0.05) is 18.7 Å². The summed E-state index contributed by atoms with van der Waals surface area (Å²) in [5.74, 6) is 0.612. The fourth-order valence-electron chi connectivity index (χ4n) is 2.37. The van der Waals surface area contributed by atoms with E-state index in [1.54, 1.807) is 30.5 Å². The number of morpholine rings is 1. The molecule has 1 aliphatic heterocycles. The summed E-state index contributed by atoms with van der Waals surface area (Å²) >= 11 is 0.